The lowest BCUT2D eigenvalue weighted by atomic mass is 10.1. The quantitative estimate of drug-likeness (QED) is 0.431. The summed E-state index contributed by atoms with van der Waals surface area (Å²) < 4.78 is 3.48. The Balaban J connectivity index is 1.72. The highest BCUT2D eigenvalue weighted by atomic mass is 16.1. The van der Waals surface area contributed by atoms with E-state index in [1.54, 1.807) is 21.5 Å². The lowest BCUT2D eigenvalue weighted by Crippen LogP contribution is -2.12. The van der Waals surface area contributed by atoms with Gasteiger partial charge in [0.25, 0.3) is 0 Å². The van der Waals surface area contributed by atoms with Crippen molar-refractivity contribution in [1.29, 1.82) is 0 Å². The van der Waals surface area contributed by atoms with Crippen LogP contribution >= 0.6 is 0 Å². The Labute approximate surface area is 179 Å². The van der Waals surface area contributed by atoms with Gasteiger partial charge in [0.1, 0.15) is 0 Å². The zero-order valence-electron chi connectivity index (χ0n) is 17.1. The van der Waals surface area contributed by atoms with Gasteiger partial charge < -0.3 is 11.1 Å². The number of hydrogen-bond donors (Lipinski definition) is 2. The van der Waals surface area contributed by atoms with Crippen LogP contribution in [0.25, 0.3) is 16.8 Å². The molecule has 156 valence electrons. The molecule has 0 bridgehead atoms. The molecular weight excluding hydrogens is 392 g/mol. The molecule has 0 spiro atoms. The molecule has 0 aliphatic rings. The molecule has 3 N–H and O–H groups in total. The number of nitrogens with one attached hydrogen (secondary N) is 1. The average Bonchev–Trinajstić information content (AvgIpc) is 3.34. The van der Waals surface area contributed by atoms with Crippen LogP contribution in [0.3, 0.4) is 0 Å². The molecule has 31 heavy (non-hydrogen) atoms. The van der Waals surface area contributed by atoms with Crippen molar-refractivity contribution in [2.45, 2.75) is 13.0 Å². The molecule has 3 aromatic heterocycles. The standard InChI is InChI=1S/C23H22N6O2/c1-3-18(30)10-15-5-4-6-16(9-15)12-25-22-19(20-7-8-26-28(20)2)14-29-21(22)11-17(13-27-29)23(24)31/h3-9,11,13-14,25H,1,10,12H2,2H3,(H2,24,31). The van der Waals surface area contributed by atoms with Crippen molar-refractivity contribution in [3.05, 3.63) is 84.3 Å². The summed E-state index contributed by atoms with van der Waals surface area (Å²) >= 11 is 0. The van der Waals surface area contributed by atoms with Crippen molar-refractivity contribution in [3.8, 4) is 11.3 Å². The van der Waals surface area contributed by atoms with Gasteiger partial charge in [-0.2, -0.15) is 10.2 Å². The average molecular weight is 414 g/mol. The number of amides is 1. The maximum Gasteiger partial charge on any atom is 0.250 e. The number of carbonyl (C=O) groups is 2. The highest BCUT2D eigenvalue weighted by Gasteiger charge is 2.17. The number of nitrogens with two attached hydrogens (primary N) is 1. The van der Waals surface area contributed by atoms with Crippen LogP contribution in [-0.2, 0) is 24.8 Å². The van der Waals surface area contributed by atoms with Crippen LogP contribution in [0.1, 0.15) is 21.5 Å². The number of hydrogen-bond acceptors (Lipinski definition) is 5. The number of rotatable bonds is 8. The molecule has 4 aromatic rings. The molecule has 0 saturated heterocycles. The monoisotopic (exact) mass is 414 g/mol. The number of carbonyl (C=O) groups excluding carboxylic acids is 2. The number of benzene rings is 1. The molecule has 1 aromatic carbocycles. The van der Waals surface area contributed by atoms with Crippen LogP contribution in [0.5, 0.6) is 0 Å². The molecule has 0 saturated carbocycles. The maximum atomic E-state index is 11.7. The molecule has 0 aliphatic heterocycles. The van der Waals surface area contributed by atoms with Crippen molar-refractivity contribution in [1.82, 2.24) is 19.4 Å². The van der Waals surface area contributed by atoms with Crippen LogP contribution in [0.2, 0.25) is 0 Å². The minimum Gasteiger partial charge on any atom is -0.379 e. The number of allylic oxidation sites excluding steroid dienone is 1. The third-order valence-corrected chi connectivity index (χ3v) is 5.09. The number of primary amides is 1. The Morgan fingerprint density at radius 2 is 2.00 bits per heavy atom. The van der Waals surface area contributed by atoms with E-state index in [4.69, 9.17) is 5.73 Å². The Hall–Kier alpha value is -4.20. The number of nitrogens with zero attached hydrogens (tertiary/aromatic N) is 4. The van der Waals surface area contributed by atoms with Crippen LogP contribution < -0.4 is 11.1 Å². The predicted octanol–water partition coefficient (Wildman–Crippen LogP) is 2.74. The first-order valence-electron chi connectivity index (χ1n) is 9.73. The van der Waals surface area contributed by atoms with Gasteiger partial charge in [-0.25, -0.2) is 4.52 Å². The molecule has 4 rings (SSSR count). The third-order valence-electron chi connectivity index (χ3n) is 5.09. The summed E-state index contributed by atoms with van der Waals surface area (Å²) in [6, 6.07) is 11.5. The van der Waals surface area contributed by atoms with Crippen molar-refractivity contribution < 1.29 is 9.59 Å². The molecule has 8 nitrogen and oxygen atoms in total. The van der Waals surface area contributed by atoms with Gasteiger partial charge >= 0.3 is 0 Å². The molecule has 8 heteroatoms. The second kappa shape index (κ2) is 8.27. The van der Waals surface area contributed by atoms with Gasteiger partial charge in [0.2, 0.25) is 5.91 Å². The van der Waals surface area contributed by atoms with Gasteiger partial charge in [0.15, 0.2) is 5.78 Å². The van der Waals surface area contributed by atoms with E-state index >= 15 is 0 Å². The summed E-state index contributed by atoms with van der Waals surface area (Å²) in [5, 5.41) is 12.1. The van der Waals surface area contributed by atoms with Crippen LogP contribution in [0, 0.1) is 0 Å². The topological polar surface area (TPSA) is 107 Å². The Morgan fingerprint density at radius 3 is 2.71 bits per heavy atom. The van der Waals surface area contributed by atoms with E-state index in [2.05, 4.69) is 22.1 Å². The van der Waals surface area contributed by atoms with Gasteiger partial charge in [-0.05, 0) is 29.3 Å². The number of aryl methyl sites for hydroxylation is 1. The lowest BCUT2D eigenvalue weighted by molar-refractivity contribution is -0.114. The highest BCUT2D eigenvalue weighted by molar-refractivity contribution is 5.96. The summed E-state index contributed by atoms with van der Waals surface area (Å²) in [6.45, 7) is 4.04. The van der Waals surface area contributed by atoms with Crippen LogP contribution in [-0.4, -0.2) is 31.1 Å². The summed E-state index contributed by atoms with van der Waals surface area (Å²) in [6.07, 6.45) is 6.72. The molecular formula is C23H22N6O2. The maximum absolute atomic E-state index is 11.7. The van der Waals surface area contributed by atoms with Crippen molar-refractivity contribution in [2.75, 3.05) is 5.32 Å². The second-order valence-electron chi connectivity index (χ2n) is 7.22. The minimum absolute atomic E-state index is 0.0212. The van der Waals surface area contributed by atoms with Crippen LogP contribution in [0.4, 0.5) is 5.69 Å². The van der Waals surface area contributed by atoms with E-state index in [0.717, 1.165) is 33.6 Å². The molecule has 0 atom stereocenters. The first-order chi connectivity index (χ1) is 15.0. The number of ketones is 1. The smallest absolute Gasteiger partial charge is 0.250 e. The number of fused-ring (bicyclic) bond motifs is 1. The van der Waals surface area contributed by atoms with Crippen molar-refractivity contribution in [3.63, 3.8) is 0 Å². The van der Waals surface area contributed by atoms with E-state index in [9.17, 15) is 9.59 Å². The molecule has 1 amide bonds. The van der Waals surface area contributed by atoms with Crippen molar-refractivity contribution in [2.24, 2.45) is 12.8 Å². The largest absolute Gasteiger partial charge is 0.379 e. The first kappa shape index (κ1) is 20.1. The SMILES string of the molecule is C=CC(=O)Cc1cccc(CNc2c(-c3ccnn3C)cn3ncc(C(N)=O)cc23)c1. The number of aromatic nitrogens is 4. The highest BCUT2D eigenvalue weighted by Crippen LogP contribution is 2.33. The molecule has 0 aliphatic carbocycles. The summed E-state index contributed by atoms with van der Waals surface area (Å²) in [7, 11) is 1.86. The molecule has 3 heterocycles. The lowest BCUT2D eigenvalue weighted by Gasteiger charge is -2.10. The van der Waals surface area contributed by atoms with E-state index in [1.165, 1.54) is 12.3 Å². The summed E-state index contributed by atoms with van der Waals surface area (Å²) in [5.74, 6) is -0.559. The fourth-order valence-electron chi connectivity index (χ4n) is 3.52. The normalized spacial score (nSPS) is 10.9. The third kappa shape index (κ3) is 4.09. The van der Waals surface area contributed by atoms with Gasteiger partial charge in [-0.15, -0.1) is 0 Å². The fraction of sp³-hybridized carbons (Fsp3) is 0.130. The van der Waals surface area contributed by atoms with Gasteiger partial charge in [0, 0.05) is 38.0 Å². The Bertz CT molecular complexity index is 1300. The molecule has 0 unspecified atom stereocenters. The first-order valence-corrected chi connectivity index (χ1v) is 9.73. The van der Waals surface area contributed by atoms with Crippen LogP contribution in [0.15, 0.2) is 67.6 Å². The van der Waals surface area contributed by atoms with E-state index in [0.29, 0.717) is 18.5 Å². The second-order valence-corrected chi connectivity index (χ2v) is 7.22. The van der Waals surface area contributed by atoms with E-state index < -0.39 is 5.91 Å². The minimum atomic E-state index is -0.538. The zero-order valence-corrected chi connectivity index (χ0v) is 17.1. The van der Waals surface area contributed by atoms with Gasteiger partial charge in [-0.3, -0.25) is 14.3 Å². The predicted molar refractivity (Wildman–Crippen MR) is 119 cm³/mol. The fourth-order valence-corrected chi connectivity index (χ4v) is 3.52. The van der Waals surface area contributed by atoms with Gasteiger partial charge in [-0.1, -0.05) is 30.8 Å². The Morgan fingerprint density at radius 1 is 1.19 bits per heavy atom. The summed E-state index contributed by atoms with van der Waals surface area (Å²) in [5.41, 5.74) is 11.1. The van der Waals surface area contributed by atoms with Gasteiger partial charge in [0.05, 0.1) is 28.7 Å². The van der Waals surface area contributed by atoms with E-state index in [1.807, 2.05) is 43.6 Å². The number of anilines is 1. The Kier molecular flexibility index (Phi) is 5.36. The molecule has 0 radical (unpaired) electrons. The van der Waals surface area contributed by atoms with E-state index in [-0.39, 0.29) is 5.78 Å². The molecule has 0 fully saturated rings. The summed E-state index contributed by atoms with van der Waals surface area (Å²) in [4.78, 5) is 23.4. The van der Waals surface area contributed by atoms with Crippen molar-refractivity contribution >= 4 is 22.9 Å². The zero-order chi connectivity index (χ0) is 22.0.